The van der Waals surface area contributed by atoms with Crippen LogP contribution in [0.4, 0.5) is 5.69 Å². The van der Waals surface area contributed by atoms with E-state index in [1.165, 1.54) is 4.68 Å². The Bertz CT molecular complexity index is 417. The second-order valence-corrected chi connectivity index (χ2v) is 4.33. The fourth-order valence-corrected chi connectivity index (χ4v) is 1.47. The van der Waals surface area contributed by atoms with Crippen molar-refractivity contribution in [1.82, 2.24) is 9.78 Å². The predicted molar refractivity (Wildman–Crippen MR) is 69.9 cm³/mol. The van der Waals surface area contributed by atoms with Crippen LogP contribution >= 0.6 is 0 Å². The van der Waals surface area contributed by atoms with Crippen molar-refractivity contribution in [2.45, 2.75) is 26.0 Å². The first-order valence-corrected chi connectivity index (χ1v) is 6.00. The minimum Gasteiger partial charge on any atom is -0.393 e. The van der Waals surface area contributed by atoms with Crippen molar-refractivity contribution in [3.8, 4) is 0 Å². The number of nitrogens with zero attached hydrogens (tertiary/aromatic N) is 3. The van der Waals surface area contributed by atoms with Gasteiger partial charge < -0.3 is 14.7 Å². The van der Waals surface area contributed by atoms with Gasteiger partial charge in [0.25, 0.3) is 5.56 Å². The summed E-state index contributed by atoms with van der Waals surface area (Å²) < 4.78 is 6.34. The molecule has 0 aliphatic heterocycles. The molecule has 1 aromatic heterocycles. The SMILES string of the molecule is COCCN(C)c1cnn(CCC(C)O)c(=O)c1. The van der Waals surface area contributed by atoms with Crippen molar-refractivity contribution < 1.29 is 9.84 Å². The summed E-state index contributed by atoms with van der Waals surface area (Å²) in [6, 6.07) is 1.55. The van der Waals surface area contributed by atoms with Crippen molar-refractivity contribution >= 4 is 5.69 Å². The number of aliphatic hydroxyl groups excluding tert-OH is 1. The number of anilines is 1. The average molecular weight is 255 g/mol. The molecule has 6 nitrogen and oxygen atoms in total. The lowest BCUT2D eigenvalue weighted by Crippen LogP contribution is -2.28. The molecule has 18 heavy (non-hydrogen) atoms. The van der Waals surface area contributed by atoms with E-state index in [2.05, 4.69) is 5.10 Å². The smallest absolute Gasteiger partial charge is 0.268 e. The number of hydrogen-bond donors (Lipinski definition) is 1. The molecule has 0 bridgehead atoms. The molecule has 0 aliphatic rings. The van der Waals surface area contributed by atoms with Crippen molar-refractivity contribution in [2.75, 3.05) is 32.2 Å². The van der Waals surface area contributed by atoms with Gasteiger partial charge in [0.1, 0.15) is 0 Å². The van der Waals surface area contributed by atoms with Crippen molar-refractivity contribution in [2.24, 2.45) is 0 Å². The molecular formula is C12H21N3O3. The van der Waals surface area contributed by atoms with Gasteiger partial charge >= 0.3 is 0 Å². The molecule has 1 atom stereocenters. The van der Waals surface area contributed by atoms with E-state index in [0.717, 1.165) is 5.69 Å². The van der Waals surface area contributed by atoms with Gasteiger partial charge in [0.05, 0.1) is 24.6 Å². The third-order valence-electron chi connectivity index (χ3n) is 2.69. The Kier molecular flexibility index (Phi) is 5.80. The molecule has 1 aromatic rings. The Morgan fingerprint density at radius 1 is 1.61 bits per heavy atom. The van der Waals surface area contributed by atoms with E-state index in [0.29, 0.717) is 26.1 Å². The van der Waals surface area contributed by atoms with E-state index in [1.54, 1.807) is 26.3 Å². The largest absolute Gasteiger partial charge is 0.393 e. The Morgan fingerprint density at radius 2 is 2.33 bits per heavy atom. The number of ether oxygens (including phenoxy) is 1. The molecule has 6 heteroatoms. The molecule has 0 radical (unpaired) electrons. The van der Waals surface area contributed by atoms with Crippen LogP contribution in [0.3, 0.4) is 0 Å². The van der Waals surface area contributed by atoms with Gasteiger partial charge in [-0.25, -0.2) is 4.68 Å². The second kappa shape index (κ2) is 7.13. The zero-order valence-corrected chi connectivity index (χ0v) is 11.2. The highest BCUT2D eigenvalue weighted by Crippen LogP contribution is 2.06. The number of rotatable bonds is 7. The number of aromatic nitrogens is 2. The first-order chi connectivity index (χ1) is 8.54. The minimum absolute atomic E-state index is 0.155. The molecule has 0 aliphatic carbocycles. The van der Waals surface area contributed by atoms with Gasteiger partial charge in [0.15, 0.2) is 0 Å². The summed E-state index contributed by atoms with van der Waals surface area (Å²) in [5, 5.41) is 13.3. The molecule has 0 saturated carbocycles. The van der Waals surface area contributed by atoms with E-state index in [4.69, 9.17) is 4.74 Å². The van der Waals surface area contributed by atoms with E-state index in [1.807, 2.05) is 11.9 Å². The van der Waals surface area contributed by atoms with Gasteiger partial charge in [-0.2, -0.15) is 5.10 Å². The topological polar surface area (TPSA) is 67.6 Å². The first kappa shape index (κ1) is 14.7. The molecule has 102 valence electrons. The highest BCUT2D eigenvalue weighted by Gasteiger charge is 2.05. The van der Waals surface area contributed by atoms with Crippen LogP contribution in [0.15, 0.2) is 17.1 Å². The van der Waals surface area contributed by atoms with Crippen LogP contribution in [0.2, 0.25) is 0 Å². The van der Waals surface area contributed by atoms with Crippen LogP contribution in [0.1, 0.15) is 13.3 Å². The van der Waals surface area contributed by atoms with Crippen molar-refractivity contribution in [1.29, 1.82) is 0 Å². The van der Waals surface area contributed by atoms with Crippen LogP contribution in [0.25, 0.3) is 0 Å². The number of aliphatic hydroxyl groups is 1. The molecular weight excluding hydrogens is 234 g/mol. The van der Waals surface area contributed by atoms with Gasteiger partial charge in [0, 0.05) is 33.3 Å². The maximum atomic E-state index is 11.8. The lowest BCUT2D eigenvalue weighted by molar-refractivity contribution is 0.175. The molecule has 1 unspecified atom stereocenters. The molecule has 1 heterocycles. The van der Waals surface area contributed by atoms with Crippen molar-refractivity contribution in [3.63, 3.8) is 0 Å². The first-order valence-electron chi connectivity index (χ1n) is 6.00. The summed E-state index contributed by atoms with van der Waals surface area (Å²) in [6.07, 6.45) is 1.74. The zero-order chi connectivity index (χ0) is 13.5. The number of likely N-dealkylation sites (N-methyl/N-ethyl adjacent to an activating group) is 1. The number of methoxy groups -OCH3 is 1. The Morgan fingerprint density at radius 3 is 2.89 bits per heavy atom. The van der Waals surface area contributed by atoms with Crippen LogP contribution in [0, 0.1) is 0 Å². The summed E-state index contributed by atoms with van der Waals surface area (Å²) in [5.41, 5.74) is 0.614. The number of aryl methyl sites for hydroxylation is 1. The fourth-order valence-electron chi connectivity index (χ4n) is 1.47. The molecule has 0 saturated heterocycles. The molecule has 1 rings (SSSR count). The maximum Gasteiger partial charge on any atom is 0.268 e. The monoisotopic (exact) mass is 255 g/mol. The van der Waals surface area contributed by atoms with Gasteiger partial charge in [-0.15, -0.1) is 0 Å². The Balaban J connectivity index is 2.69. The summed E-state index contributed by atoms with van der Waals surface area (Å²) in [5.74, 6) is 0. The Hall–Kier alpha value is -1.40. The van der Waals surface area contributed by atoms with E-state index in [9.17, 15) is 9.90 Å². The van der Waals surface area contributed by atoms with Crippen molar-refractivity contribution in [3.05, 3.63) is 22.6 Å². The standard InChI is InChI=1S/C12H21N3O3/c1-10(16)4-5-15-12(17)8-11(9-13-15)14(2)6-7-18-3/h8-10,16H,4-7H2,1-3H3. The van der Waals surface area contributed by atoms with Crippen LogP contribution in [0.5, 0.6) is 0 Å². The zero-order valence-electron chi connectivity index (χ0n) is 11.2. The number of hydrogen-bond acceptors (Lipinski definition) is 5. The van der Waals surface area contributed by atoms with E-state index >= 15 is 0 Å². The highest BCUT2D eigenvalue weighted by molar-refractivity contribution is 5.41. The summed E-state index contributed by atoms with van der Waals surface area (Å²) in [7, 11) is 3.52. The molecule has 0 amide bonds. The molecule has 0 aromatic carbocycles. The highest BCUT2D eigenvalue weighted by atomic mass is 16.5. The third kappa shape index (κ3) is 4.46. The predicted octanol–water partition coefficient (Wildman–Crippen LogP) is 0.0968. The van der Waals surface area contributed by atoms with Crippen LogP contribution in [-0.4, -0.2) is 48.3 Å². The third-order valence-corrected chi connectivity index (χ3v) is 2.69. The normalized spacial score (nSPS) is 12.4. The lowest BCUT2D eigenvalue weighted by atomic mass is 10.3. The average Bonchev–Trinajstić information content (AvgIpc) is 2.34. The maximum absolute atomic E-state index is 11.8. The van der Waals surface area contributed by atoms with E-state index < -0.39 is 6.10 Å². The Labute approximate surface area is 107 Å². The van der Waals surface area contributed by atoms with Gasteiger partial charge in [-0.3, -0.25) is 4.79 Å². The fraction of sp³-hybridized carbons (Fsp3) is 0.667. The summed E-state index contributed by atoms with van der Waals surface area (Å²) in [4.78, 5) is 13.7. The van der Waals surface area contributed by atoms with Crippen LogP contribution in [-0.2, 0) is 11.3 Å². The van der Waals surface area contributed by atoms with Crippen LogP contribution < -0.4 is 10.5 Å². The quantitative estimate of drug-likeness (QED) is 0.748. The summed E-state index contributed by atoms with van der Waals surface area (Å²) >= 11 is 0. The molecule has 0 fully saturated rings. The molecule has 1 N–H and O–H groups in total. The summed E-state index contributed by atoms with van der Waals surface area (Å²) in [6.45, 7) is 3.42. The van der Waals surface area contributed by atoms with Gasteiger partial charge in [-0.05, 0) is 13.3 Å². The second-order valence-electron chi connectivity index (χ2n) is 4.33. The lowest BCUT2D eigenvalue weighted by Gasteiger charge is -2.18. The van der Waals surface area contributed by atoms with Gasteiger partial charge in [0.2, 0.25) is 0 Å². The van der Waals surface area contributed by atoms with Gasteiger partial charge in [-0.1, -0.05) is 0 Å². The minimum atomic E-state index is -0.428. The van der Waals surface area contributed by atoms with E-state index in [-0.39, 0.29) is 5.56 Å². The molecule has 0 spiro atoms.